The average Bonchev–Trinajstić information content (AvgIpc) is 2.78. The van der Waals surface area contributed by atoms with Crippen molar-refractivity contribution in [2.24, 2.45) is 10.7 Å². The molecular formula is C13H17ClN2O4S2. The van der Waals surface area contributed by atoms with Crippen LogP contribution in [0.4, 0.5) is 0 Å². The summed E-state index contributed by atoms with van der Waals surface area (Å²) in [4.78, 5) is 16.8. The zero-order valence-corrected chi connectivity index (χ0v) is 15.0. The highest BCUT2D eigenvalue weighted by Gasteiger charge is 2.50. The SMILES string of the molecule is COC(=O)c1cc(Cl)c([C@]2(C)CS(=O)(=O)C(C)(C)C(N)=N2)s1. The number of methoxy groups -OCH3 is 1. The second-order valence-corrected chi connectivity index (χ2v) is 9.82. The van der Waals surface area contributed by atoms with E-state index < -0.39 is 26.1 Å². The number of hydrogen-bond donors (Lipinski definition) is 1. The summed E-state index contributed by atoms with van der Waals surface area (Å²) in [6.07, 6.45) is 0. The van der Waals surface area contributed by atoms with Crippen LogP contribution in [-0.4, -0.2) is 37.8 Å². The molecule has 1 aliphatic rings. The highest BCUT2D eigenvalue weighted by atomic mass is 35.5. The van der Waals surface area contributed by atoms with Crippen LogP contribution in [0.2, 0.25) is 5.02 Å². The largest absolute Gasteiger partial charge is 0.465 e. The van der Waals surface area contributed by atoms with E-state index in [0.29, 0.717) is 9.75 Å². The maximum atomic E-state index is 12.5. The van der Waals surface area contributed by atoms with E-state index in [1.54, 1.807) is 6.92 Å². The fourth-order valence-electron chi connectivity index (χ4n) is 2.20. The van der Waals surface area contributed by atoms with Gasteiger partial charge in [-0.05, 0) is 26.8 Å². The van der Waals surface area contributed by atoms with Gasteiger partial charge in [0.1, 0.15) is 21.0 Å². The number of nitrogens with zero attached hydrogens (tertiary/aromatic N) is 1. The van der Waals surface area contributed by atoms with E-state index in [9.17, 15) is 13.2 Å². The lowest BCUT2D eigenvalue weighted by Crippen LogP contribution is -2.54. The number of nitrogens with two attached hydrogens (primary N) is 1. The molecule has 0 unspecified atom stereocenters. The molecule has 2 N–H and O–H groups in total. The third-order valence-corrected chi connectivity index (χ3v) is 8.28. The minimum atomic E-state index is -3.52. The molecule has 2 rings (SSSR count). The summed E-state index contributed by atoms with van der Waals surface area (Å²) in [7, 11) is -2.26. The predicted molar refractivity (Wildman–Crippen MR) is 87.5 cm³/mol. The van der Waals surface area contributed by atoms with Crippen molar-refractivity contribution in [2.75, 3.05) is 12.9 Å². The van der Waals surface area contributed by atoms with Crippen molar-refractivity contribution in [1.82, 2.24) is 0 Å². The molecular weight excluding hydrogens is 348 g/mol. The van der Waals surface area contributed by atoms with Crippen LogP contribution in [0.25, 0.3) is 0 Å². The van der Waals surface area contributed by atoms with Crippen LogP contribution >= 0.6 is 22.9 Å². The van der Waals surface area contributed by atoms with Gasteiger partial charge in [-0.3, -0.25) is 4.99 Å². The van der Waals surface area contributed by atoms with E-state index in [4.69, 9.17) is 17.3 Å². The average molecular weight is 365 g/mol. The molecule has 1 atom stereocenters. The summed E-state index contributed by atoms with van der Waals surface area (Å²) in [6.45, 7) is 4.69. The van der Waals surface area contributed by atoms with Gasteiger partial charge < -0.3 is 10.5 Å². The van der Waals surface area contributed by atoms with E-state index >= 15 is 0 Å². The van der Waals surface area contributed by atoms with Crippen LogP contribution in [0.5, 0.6) is 0 Å². The lowest BCUT2D eigenvalue weighted by atomic mass is 10.0. The van der Waals surface area contributed by atoms with Crippen LogP contribution < -0.4 is 5.73 Å². The van der Waals surface area contributed by atoms with E-state index in [-0.39, 0.29) is 16.6 Å². The van der Waals surface area contributed by atoms with Gasteiger partial charge in [-0.25, -0.2) is 13.2 Å². The molecule has 0 spiro atoms. The molecule has 0 saturated heterocycles. The third-order valence-electron chi connectivity index (χ3n) is 3.80. The van der Waals surface area contributed by atoms with Crippen molar-refractivity contribution in [1.29, 1.82) is 0 Å². The van der Waals surface area contributed by atoms with Gasteiger partial charge in [-0.1, -0.05) is 11.6 Å². The number of ether oxygens (including phenoxy) is 1. The number of amidine groups is 1. The first-order chi connectivity index (χ1) is 9.94. The monoisotopic (exact) mass is 364 g/mol. The normalized spacial score (nSPS) is 26.3. The zero-order valence-electron chi connectivity index (χ0n) is 12.6. The van der Waals surface area contributed by atoms with Crippen molar-refractivity contribution in [3.05, 3.63) is 20.8 Å². The predicted octanol–water partition coefficient (Wildman–Crippen LogP) is 1.97. The van der Waals surface area contributed by atoms with Crippen LogP contribution in [-0.2, 0) is 20.1 Å². The molecule has 0 bridgehead atoms. The Morgan fingerprint density at radius 3 is 2.55 bits per heavy atom. The van der Waals surface area contributed by atoms with Crippen molar-refractivity contribution in [3.8, 4) is 0 Å². The van der Waals surface area contributed by atoms with Gasteiger partial charge >= 0.3 is 5.97 Å². The van der Waals surface area contributed by atoms with Gasteiger partial charge in [0.15, 0.2) is 9.84 Å². The van der Waals surface area contributed by atoms with E-state index in [1.165, 1.54) is 27.0 Å². The molecule has 0 saturated carbocycles. The van der Waals surface area contributed by atoms with Gasteiger partial charge in [-0.15, -0.1) is 11.3 Å². The lowest BCUT2D eigenvalue weighted by molar-refractivity contribution is 0.0606. The number of sulfone groups is 1. The Kier molecular flexibility index (Phi) is 4.08. The minimum absolute atomic E-state index is 0.0327. The fourth-order valence-corrected chi connectivity index (χ4v) is 5.51. The van der Waals surface area contributed by atoms with Crippen LogP contribution in [0, 0.1) is 0 Å². The van der Waals surface area contributed by atoms with Crippen molar-refractivity contribution >= 4 is 44.6 Å². The molecule has 0 aromatic carbocycles. The molecule has 1 aromatic rings. The van der Waals surface area contributed by atoms with E-state index in [0.717, 1.165) is 11.3 Å². The van der Waals surface area contributed by atoms with Crippen LogP contribution in [0.15, 0.2) is 11.1 Å². The number of rotatable bonds is 2. The summed E-state index contributed by atoms with van der Waals surface area (Å²) in [5.41, 5.74) is 4.77. The number of carbonyl (C=O) groups excluding carboxylic acids is 1. The minimum Gasteiger partial charge on any atom is -0.465 e. The molecule has 1 aliphatic heterocycles. The van der Waals surface area contributed by atoms with Gasteiger partial charge in [0.2, 0.25) is 0 Å². The Labute approximate surface area is 138 Å². The number of esters is 1. The number of hydrogen-bond acceptors (Lipinski definition) is 7. The number of halogens is 1. The quantitative estimate of drug-likeness (QED) is 0.809. The maximum Gasteiger partial charge on any atom is 0.348 e. The Bertz CT molecular complexity index is 767. The summed E-state index contributed by atoms with van der Waals surface area (Å²) >= 11 is 7.25. The van der Waals surface area contributed by atoms with Gasteiger partial charge in [0.05, 0.1) is 22.8 Å². The standard InChI is InChI=1S/C13H17ClN2O4S2/c1-12(2)11(15)16-13(3,6-22(12,18)19)9-7(14)5-8(21-9)10(17)20-4/h5H,6H2,1-4H3,(H2,15,16)/t13-/m0/s1. The third kappa shape index (κ3) is 2.53. The summed E-state index contributed by atoms with van der Waals surface area (Å²) in [5.74, 6) is -0.725. The number of carbonyl (C=O) groups is 1. The maximum absolute atomic E-state index is 12.5. The van der Waals surface area contributed by atoms with Crippen LogP contribution in [0.3, 0.4) is 0 Å². The zero-order chi connectivity index (χ0) is 16.9. The molecule has 2 heterocycles. The topological polar surface area (TPSA) is 98.8 Å². The molecule has 0 amide bonds. The molecule has 0 aliphatic carbocycles. The van der Waals surface area contributed by atoms with Gasteiger partial charge in [0.25, 0.3) is 0 Å². The molecule has 9 heteroatoms. The molecule has 0 radical (unpaired) electrons. The summed E-state index contributed by atoms with van der Waals surface area (Å²) in [5, 5.41) is 0.277. The van der Waals surface area contributed by atoms with Crippen molar-refractivity contribution < 1.29 is 17.9 Å². The van der Waals surface area contributed by atoms with E-state index in [1.807, 2.05) is 0 Å². The lowest BCUT2D eigenvalue weighted by Gasteiger charge is -2.37. The Morgan fingerprint density at radius 2 is 2.05 bits per heavy atom. The molecule has 1 aromatic heterocycles. The fraction of sp³-hybridized carbons (Fsp3) is 0.538. The van der Waals surface area contributed by atoms with E-state index in [2.05, 4.69) is 9.73 Å². The van der Waals surface area contributed by atoms with Gasteiger partial charge in [-0.2, -0.15) is 0 Å². The molecule has 122 valence electrons. The highest BCUT2D eigenvalue weighted by Crippen LogP contribution is 2.43. The van der Waals surface area contributed by atoms with Gasteiger partial charge in [0, 0.05) is 0 Å². The van der Waals surface area contributed by atoms with Crippen LogP contribution in [0.1, 0.15) is 35.3 Å². The Balaban J connectivity index is 2.60. The smallest absolute Gasteiger partial charge is 0.348 e. The first-order valence-corrected chi connectivity index (χ1v) is 9.25. The molecule has 6 nitrogen and oxygen atoms in total. The first kappa shape index (κ1) is 17.2. The number of thiophene rings is 1. The van der Waals surface area contributed by atoms with Crippen molar-refractivity contribution in [2.45, 2.75) is 31.1 Å². The number of aliphatic imine (C=N–C) groups is 1. The molecule has 0 fully saturated rings. The highest BCUT2D eigenvalue weighted by molar-refractivity contribution is 7.93. The first-order valence-electron chi connectivity index (χ1n) is 6.41. The summed E-state index contributed by atoms with van der Waals surface area (Å²) < 4.78 is 28.5. The van der Waals surface area contributed by atoms with Crippen molar-refractivity contribution in [3.63, 3.8) is 0 Å². The summed E-state index contributed by atoms with van der Waals surface area (Å²) in [6, 6.07) is 1.46. The Hall–Kier alpha value is -1.12. The molecule has 22 heavy (non-hydrogen) atoms. The Morgan fingerprint density at radius 1 is 1.45 bits per heavy atom. The second-order valence-electron chi connectivity index (χ2n) is 5.82. The second kappa shape index (κ2) is 5.21.